The average molecular weight is 413 g/mol. The summed E-state index contributed by atoms with van der Waals surface area (Å²) in [6.45, 7) is 3.30. The minimum Gasteiger partial charge on any atom is -0.465 e. The molecule has 2 aromatic carbocycles. The number of aryl methyl sites for hydroxylation is 1. The zero-order valence-corrected chi connectivity index (χ0v) is 16.7. The monoisotopic (exact) mass is 413 g/mol. The Morgan fingerprint density at radius 3 is 2.43 bits per heavy atom. The van der Waals surface area contributed by atoms with Crippen LogP contribution in [0.2, 0.25) is 0 Å². The summed E-state index contributed by atoms with van der Waals surface area (Å²) in [4.78, 5) is 38.2. The lowest BCUT2D eigenvalue weighted by atomic mass is 9.95. The lowest BCUT2D eigenvalue weighted by Crippen LogP contribution is -2.46. The summed E-state index contributed by atoms with van der Waals surface area (Å²) >= 11 is 0. The van der Waals surface area contributed by atoms with Crippen molar-refractivity contribution in [1.29, 1.82) is 0 Å². The van der Waals surface area contributed by atoms with E-state index >= 15 is 0 Å². The number of hydrogen-bond donors (Lipinski definition) is 0. The largest absolute Gasteiger partial charge is 0.465 e. The molecule has 2 aromatic rings. The molecule has 0 N–H and O–H groups in total. The molecule has 0 bridgehead atoms. The Morgan fingerprint density at radius 1 is 1.10 bits per heavy atom. The van der Waals surface area contributed by atoms with Gasteiger partial charge in [0.05, 0.1) is 19.3 Å². The van der Waals surface area contributed by atoms with Crippen molar-refractivity contribution in [2.75, 3.05) is 20.3 Å². The first kappa shape index (κ1) is 21.0. The fourth-order valence-electron chi connectivity index (χ4n) is 3.00. The molecule has 1 aliphatic rings. The van der Waals surface area contributed by atoms with Gasteiger partial charge in [0.15, 0.2) is 0 Å². The molecule has 0 unspecified atom stereocenters. The number of carbonyl (C=O) groups excluding carboxylic acids is 3. The van der Waals surface area contributed by atoms with Gasteiger partial charge in [0.2, 0.25) is 5.76 Å². The van der Waals surface area contributed by atoms with Gasteiger partial charge < -0.3 is 14.2 Å². The summed E-state index contributed by atoms with van der Waals surface area (Å²) in [7, 11) is 1.25. The number of rotatable bonds is 7. The molecule has 1 amide bonds. The predicted molar refractivity (Wildman–Crippen MR) is 105 cm³/mol. The van der Waals surface area contributed by atoms with Crippen LogP contribution in [0.3, 0.4) is 0 Å². The molecule has 0 aromatic heterocycles. The van der Waals surface area contributed by atoms with Gasteiger partial charge in [-0.3, -0.25) is 14.5 Å². The lowest BCUT2D eigenvalue weighted by molar-refractivity contribution is -0.147. The highest BCUT2D eigenvalue weighted by atomic mass is 19.1. The van der Waals surface area contributed by atoms with Crippen molar-refractivity contribution in [3.8, 4) is 5.75 Å². The lowest BCUT2D eigenvalue weighted by Gasteiger charge is -2.35. The number of nitrogens with zero attached hydrogens (tertiary/aromatic N) is 1. The number of benzene rings is 2. The van der Waals surface area contributed by atoms with Crippen molar-refractivity contribution in [1.82, 2.24) is 4.90 Å². The second-order valence-corrected chi connectivity index (χ2v) is 6.47. The van der Waals surface area contributed by atoms with Crippen LogP contribution in [0.25, 0.3) is 5.70 Å². The molecule has 30 heavy (non-hydrogen) atoms. The van der Waals surface area contributed by atoms with E-state index in [9.17, 15) is 18.8 Å². The van der Waals surface area contributed by atoms with E-state index in [1.54, 1.807) is 25.1 Å². The highest BCUT2D eigenvalue weighted by molar-refractivity contribution is 6.15. The molecule has 156 valence electrons. The van der Waals surface area contributed by atoms with E-state index in [1.807, 2.05) is 6.92 Å². The fraction of sp³-hybridized carbons (Fsp3) is 0.227. The summed E-state index contributed by atoms with van der Waals surface area (Å²) in [5.41, 5.74) is 1.66. The molecule has 3 rings (SSSR count). The third kappa shape index (κ3) is 4.17. The average Bonchev–Trinajstić information content (AvgIpc) is 2.73. The van der Waals surface area contributed by atoms with Gasteiger partial charge in [-0.2, -0.15) is 0 Å². The molecular weight excluding hydrogens is 393 g/mol. The number of carbonyl (C=O) groups is 3. The molecule has 1 aliphatic heterocycles. The van der Waals surface area contributed by atoms with Crippen LogP contribution in [-0.2, 0) is 19.1 Å². The first-order valence-electron chi connectivity index (χ1n) is 9.20. The van der Waals surface area contributed by atoms with Gasteiger partial charge in [-0.15, -0.1) is 0 Å². The molecule has 8 heteroatoms. The molecule has 0 atom stereocenters. The molecule has 0 saturated heterocycles. The Bertz CT molecular complexity index is 1030. The van der Waals surface area contributed by atoms with Crippen LogP contribution in [0, 0.1) is 12.7 Å². The highest BCUT2D eigenvalue weighted by Crippen LogP contribution is 2.37. The van der Waals surface area contributed by atoms with E-state index < -0.39 is 23.7 Å². The van der Waals surface area contributed by atoms with E-state index in [-0.39, 0.29) is 35.9 Å². The molecule has 0 fully saturated rings. The van der Waals surface area contributed by atoms with Gasteiger partial charge in [0, 0.05) is 5.56 Å². The molecule has 0 saturated carbocycles. The minimum atomic E-state index is -0.603. The van der Waals surface area contributed by atoms with Crippen LogP contribution in [-0.4, -0.2) is 43.0 Å². The summed E-state index contributed by atoms with van der Waals surface area (Å²) in [5.74, 6) is -2.04. The Hall–Kier alpha value is -3.68. The first-order chi connectivity index (χ1) is 14.3. The Morgan fingerprint density at radius 2 is 1.80 bits per heavy atom. The number of esters is 2. The maximum atomic E-state index is 13.2. The van der Waals surface area contributed by atoms with Crippen LogP contribution >= 0.6 is 0 Å². The van der Waals surface area contributed by atoms with Gasteiger partial charge in [0.25, 0.3) is 5.91 Å². The summed E-state index contributed by atoms with van der Waals surface area (Å²) < 4.78 is 28.7. The number of methoxy groups -OCH3 is 1. The van der Waals surface area contributed by atoms with Crippen molar-refractivity contribution in [2.24, 2.45) is 0 Å². The summed E-state index contributed by atoms with van der Waals surface area (Å²) in [5, 5.41) is 0. The van der Waals surface area contributed by atoms with Gasteiger partial charge in [-0.05, 0) is 50.2 Å². The molecule has 1 heterocycles. The minimum absolute atomic E-state index is 0.0679. The SMILES string of the molecule is CCOC(=O)CN1C(=O)C(Oc2ccc(F)cc2)=C1c1cc(C)ccc1C(=O)OC. The number of hydrogen-bond acceptors (Lipinski definition) is 6. The smallest absolute Gasteiger partial charge is 0.338 e. The third-order valence-corrected chi connectivity index (χ3v) is 4.39. The van der Waals surface area contributed by atoms with Gasteiger partial charge in [0.1, 0.15) is 23.8 Å². The molecule has 7 nitrogen and oxygen atoms in total. The predicted octanol–water partition coefficient (Wildman–Crippen LogP) is 3.07. The van der Waals surface area contributed by atoms with Crippen LogP contribution < -0.4 is 4.74 Å². The summed E-state index contributed by atoms with van der Waals surface area (Å²) in [6, 6.07) is 10.1. The van der Waals surface area contributed by atoms with Crippen molar-refractivity contribution in [3.63, 3.8) is 0 Å². The highest BCUT2D eigenvalue weighted by Gasteiger charge is 2.42. The molecule has 0 spiro atoms. The van der Waals surface area contributed by atoms with Crippen LogP contribution in [0.4, 0.5) is 4.39 Å². The quantitative estimate of drug-likeness (QED) is 0.649. The second-order valence-electron chi connectivity index (χ2n) is 6.47. The van der Waals surface area contributed by atoms with Crippen molar-refractivity contribution in [3.05, 3.63) is 70.7 Å². The van der Waals surface area contributed by atoms with E-state index in [1.165, 1.54) is 36.3 Å². The van der Waals surface area contributed by atoms with E-state index in [0.29, 0.717) is 5.56 Å². The third-order valence-electron chi connectivity index (χ3n) is 4.39. The maximum absolute atomic E-state index is 13.2. The van der Waals surface area contributed by atoms with Crippen LogP contribution in [0.1, 0.15) is 28.4 Å². The molecular formula is C22H20FNO6. The molecule has 0 aliphatic carbocycles. The van der Waals surface area contributed by atoms with Gasteiger partial charge >= 0.3 is 11.9 Å². The number of ether oxygens (including phenoxy) is 3. The van der Waals surface area contributed by atoms with Crippen LogP contribution in [0.15, 0.2) is 48.2 Å². The van der Waals surface area contributed by atoms with E-state index in [4.69, 9.17) is 14.2 Å². The van der Waals surface area contributed by atoms with E-state index in [2.05, 4.69) is 0 Å². The fourth-order valence-corrected chi connectivity index (χ4v) is 3.00. The first-order valence-corrected chi connectivity index (χ1v) is 9.20. The maximum Gasteiger partial charge on any atom is 0.338 e. The zero-order chi connectivity index (χ0) is 21.8. The topological polar surface area (TPSA) is 82.1 Å². The summed E-state index contributed by atoms with van der Waals surface area (Å²) in [6.07, 6.45) is 0. The van der Waals surface area contributed by atoms with Crippen molar-refractivity contribution < 1.29 is 33.0 Å². The van der Waals surface area contributed by atoms with Gasteiger partial charge in [-0.1, -0.05) is 11.6 Å². The van der Waals surface area contributed by atoms with Crippen molar-refractivity contribution in [2.45, 2.75) is 13.8 Å². The second kappa shape index (κ2) is 8.77. The standard InChI is InChI=1S/C22H20FNO6/c1-4-29-18(25)12-24-19(17-11-13(2)5-10-16(17)22(27)28-3)20(21(24)26)30-15-8-6-14(23)7-9-15/h5-11H,4,12H2,1-3H3. The number of amides is 1. The van der Waals surface area contributed by atoms with Crippen LogP contribution in [0.5, 0.6) is 5.75 Å². The Labute approximate surface area is 172 Å². The van der Waals surface area contributed by atoms with Gasteiger partial charge in [-0.25, -0.2) is 9.18 Å². The Kier molecular flexibility index (Phi) is 6.15. The zero-order valence-electron chi connectivity index (χ0n) is 16.7. The normalized spacial score (nSPS) is 13.1. The number of halogens is 1. The van der Waals surface area contributed by atoms with Crippen molar-refractivity contribution >= 4 is 23.5 Å². The van der Waals surface area contributed by atoms with E-state index in [0.717, 1.165) is 5.56 Å². The molecule has 0 radical (unpaired) electrons. The Balaban J connectivity index is 2.09.